The second-order valence-corrected chi connectivity index (χ2v) is 7.47. The Labute approximate surface area is 184 Å². The number of fused-ring (bicyclic) bond motifs is 1. The van der Waals surface area contributed by atoms with Gasteiger partial charge in [-0.25, -0.2) is 19.9 Å². The molecule has 0 spiro atoms. The zero-order valence-corrected chi connectivity index (χ0v) is 17.6. The molecule has 4 N–H and O–H groups in total. The quantitative estimate of drug-likeness (QED) is 0.412. The molecular formula is C24H21N7O. The molecule has 5 aromatic rings. The van der Waals surface area contributed by atoms with E-state index in [1.165, 1.54) is 6.33 Å². The molecule has 2 aromatic carbocycles. The van der Waals surface area contributed by atoms with Gasteiger partial charge in [0.05, 0.1) is 11.1 Å². The summed E-state index contributed by atoms with van der Waals surface area (Å²) in [5.41, 5.74) is 18.4. The van der Waals surface area contributed by atoms with Crippen molar-refractivity contribution in [2.24, 2.45) is 7.05 Å². The highest BCUT2D eigenvalue weighted by Gasteiger charge is 2.21. The van der Waals surface area contributed by atoms with Gasteiger partial charge in [0.2, 0.25) is 0 Å². The summed E-state index contributed by atoms with van der Waals surface area (Å²) in [6.07, 6.45) is 3.15. The Morgan fingerprint density at radius 2 is 1.56 bits per heavy atom. The van der Waals surface area contributed by atoms with Crippen molar-refractivity contribution in [3.05, 3.63) is 72.8 Å². The Bertz CT molecular complexity index is 1420. The molecule has 0 amide bonds. The van der Waals surface area contributed by atoms with Crippen LogP contribution in [0.2, 0.25) is 0 Å². The first-order valence-corrected chi connectivity index (χ1v) is 10.0. The highest BCUT2D eigenvalue weighted by atomic mass is 16.5. The molecule has 0 unspecified atom stereocenters. The second-order valence-electron chi connectivity index (χ2n) is 7.47. The highest BCUT2D eigenvalue weighted by molar-refractivity contribution is 6.07. The van der Waals surface area contributed by atoms with E-state index in [9.17, 15) is 0 Å². The molecule has 0 atom stereocenters. The molecule has 0 saturated carbocycles. The second kappa shape index (κ2) is 7.66. The van der Waals surface area contributed by atoms with Crippen molar-refractivity contribution in [2.75, 3.05) is 11.5 Å². The van der Waals surface area contributed by atoms with Gasteiger partial charge in [-0.3, -0.25) is 0 Å². The summed E-state index contributed by atoms with van der Waals surface area (Å²) in [6, 6.07) is 17.6. The van der Waals surface area contributed by atoms with Crippen molar-refractivity contribution < 1.29 is 4.74 Å². The van der Waals surface area contributed by atoms with Crippen molar-refractivity contribution in [1.82, 2.24) is 24.5 Å². The molecule has 158 valence electrons. The van der Waals surface area contributed by atoms with Crippen LogP contribution in [0.4, 0.5) is 11.5 Å². The Kier molecular flexibility index (Phi) is 4.67. The van der Waals surface area contributed by atoms with Crippen LogP contribution in [0.3, 0.4) is 0 Å². The molecule has 5 rings (SSSR count). The van der Waals surface area contributed by atoms with Crippen molar-refractivity contribution in [2.45, 2.75) is 6.92 Å². The van der Waals surface area contributed by atoms with Gasteiger partial charge < -0.3 is 20.8 Å². The number of hydrogen-bond acceptors (Lipinski definition) is 7. The van der Waals surface area contributed by atoms with Crippen LogP contribution in [-0.2, 0) is 7.05 Å². The predicted octanol–water partition coefficient (Wildman–Crippen LogP) is 4.36. The van der Waals surface area contributed by atoms with Crippen LogP contribution in [0.15, 0.2) is 67.1 Å². The van der Waals surface area contributed by atoms with Gasteiger partial charge in [-0.05, 0) is 48.4 Å². The lowest BCUT2D eigenvalue weighted by atomic mass is 9.98. The fourth-order valence-corrected chi connectivity index (χ4v) is 3.81. The van der Waals surface area contributed by atoms with Crippen LogP contribution in [-0.4, -0.2) is 24.5 Å². The minimum Gasteiger partial charge on any atom is -0.424 e. The Hall–Kier alpha value is -4.46. The third kappa shape index (κ3) is 3.37. The predicted molar refractivity (Wildman–Crippen MR) is 125 cm³/mol. The number of nitrogens with zero attached hydrogens (tertiary/aromatic N) is 5. The lowest BCUT2D eigenvalue weighted by Crippen LogP contribution is -1.95. The van der Waals surface area contributed by atoms with Crippen LogP contribution in [0, 0.1) is 6.92 Å². The normalized spacial score (nSPS) is 11.1. The van der Waals surface area contributed by atoms with Crippen LogP contribution < -0.4 is 16.2 Å². The van der Waals surface area contributed by atoms with E-state index in [2.05, 4.69) is 19.9 Å². The van der Waals surface area contributed by atoms with Gasteiger partial charge in [-0.15, -0.1) is 0 Å². The summed E-state index contributed by atoms with van der Waals surface area (Å²) in [6.45, 7) is 1.89. The lowest BCUT2D eigenvalue weighted by Gasteiger charge is -2.10. The summed E-state index contributed by atoms with van der Waals surface area (Å²) in [4.78, 5) is 17.1. The molecule has 3 aromatic heterocycles. The molecule has 8 nitrogen and oxygen atoms in total. The van der Waals surface area contributed by atoms with Crippen LogP contribution in [0.25, 0.3) is 33.4 Å². The van der Waals surface area contributed by atoms with Gasteiger partial charge in [0.25, 0.3) is 0 Å². The maximum Gasteiger partial charge on any atom is 0.322 e. The van der Waals surface area contributed by atoms with E-state index < -0.39 is 0 Å². The summed E-state index contributed by atoms with van der Waals surface area (Å²) in [7, 11) is 1.97. The number of benzene rings is 2. The Morgan fingerprint density at radius 3 is 2.28 bits per heavy atom. The summed E-state index contributed by atoms with van der Waals surface area (Å²) < 4.78 is 7.83. The van der Waals surface area contributed by atoms with Crippen molar-refractivity contribution in [3.63, 3.8) is 0 Å². The minimum absolute atomic E-state index is 0.308. The molecule has 0 fully saturated rings. The molecule has 0 saturated heterocycles. The van der Waals surface area contributed by atoms with Gasteiger partial charge in [0.15, 0.2) is 0 Å². The van der Waals surface area contributed by atoms with Crippen LogP contribution in [0.5, 0.6) is 11.8 Å². The molecule has 32 heavy (non-hydrogen) atoms. The first-order valence-electron chi connectivity index (χ1n) is 10.0. The van der Waals surface area contributed by atoms with Gasteiger partial charge in [0.1, 0.15) is 23.5 Å². The monoisotopic (exact) mass is 423 g/mol. The van der Waals surface area contributed by atoms with Crippen molar-refractivity contribution in [1.29, 1.82) is 0 Å². The topological polar surface area (TPSA) is 118 Å². The zero-order valence-electron chi connectivity index (χ0n) is 17.6. The number of hydrogen-bond donors (Lipinski definition) is 2. The smallest absolute Gasteiger partial charge is 0.322 e. The number of aryl methyl sites for hydroxylation is 2. The average Bonchev–Trinajstić information content (AvgIpc) is 3.09. The van der Waals surface area contributed by atoms with Gasteiger partial charge in [0, 0.05) is 30.2 Å². The number of nitrogen functional groups attached to an aromatic ring is 2. The maximum atomic E-state index is 6.30. The van der Waals surface area contributed by atoms with E-state index in [0.717, 1.165) is 39.1 Å². The lowest BCUT2D eigenvalue weighted by molar-refractivity contribution is 0.440. The molecule has 0 aliphatic carbocycles. The highest BCUT2D eigenvalue weighted by Crippen LogP contribution is 2.42. The number of nitrogens with two attached hydrogens (primary N) is 2. The Balaban J connectivity index is 1.64. The largest absolute Gasteiger partial charge is 0.424 e. The molecule has 0 aliphatic heterocycles. The van der Waals surface area contributed by atoms with Crippen LogP contribution >= 0.6 is 0 Å². The molecule has 8 heteroatoms. The van der Waals surface area contributed by atoms with E-state index in [1.807, 2.05) is 73.1 Å². The van der Waals surface area contributed by atoms with Crippen molar-refractivity contribution in [3.8, 4) is 34.1 Å². The van der Waals surface area contributed by atoms with Gasteiger partial charge in [-0.1, -0.05) is 24.3 Å². The van der Waals surface area contributed by atoms with Crippen molar-refractivity contribution >= 4 is 22.5 Å². The van der Waals surface area contributed by atoms with Gasteiger partial charge >= 0.3 is 6.01 Å². The first-order chi connectivity index (χ1) is 15.5. The fraction of sp³-hybridized carbons (Fsp3) is 0.0833. The molecular weight excluding hydrogens is 402 g/mol. The van der Waals surface area contributed by atoms with E-state index in [4.69, 9.17) is 16.2 Å². The fourth-order valence-electron chi connectivity index (χ4n) is 3.81. The zero-order chi connectivity index (χ0) is 22.2. The SMILES string of the molecule is Cc1ccnc(Oc2ccc(-c3c(-c4ccc(N)cc4)n(C)c4ncnc(N)c34)cc2)n1. The number of anilines is 2. The van der Waals surface area contributed by atoms with E-state index >= 15 is 0 Å². The third-order valence-corrected chi connectivity index (χ3v) is 5.31. The summed E-state index contributed by atoms with van der Waals surface area (Å²) in [5.74, 6) is 1.06. The van der Waals surface area contributed by atoms with E-state index in [0.29, 0.717) is 23.3 Å². The van der Waals surface area contributed by atoms with Gasteiger partial charge in [-0.2, -0.15) is 0 Å². The average molecular weight is 423 g/mol. The standard InChI is InChI=1S/C24H21N7O/c1-14-11-12-27-24(30-14)32-18-9-5-15(6-10-18)19-20-22(26)28-13-29-23(20)31(2)21(19)16-3-7-17(25)8-4-16/h3-13H,25H2,1-2H3,(H2,26,28,29). The molecule has 3 heterocycles. The number of rotatable bonds is 4. The number of aromatic nitrogens is 5. The maximum absolute atomic E-state index is 6.30. The molecule has 0 bridgehead atoms. The summed E-state index contributed by atoms with van der Waals surface area (Å²) in [5, 5.41) is 0.803. The minimum atomic E-state index is 0.308. The Morgan fingerprint density at radius 1 is 0.844 bits per heavy atom. The summed E-state index contributed by atoms with van der Waals surface area (Å²) >= 11 is 0. The van der Waals surface area contributed by atoms with E-state index in [-0.39, 0.29) is 0 Å². The number of ether oxygens (including phenoxy) is 1. The molecule has 0 aliphatic rings. The third-order valence-electron chi connectivity index (χ3n) is 5.31. The molecule has 0 radical (unpaired) electrons. The van der Waals surface area contributed by atoms with E-state index in [1.54, 1.807) is 6.20 Å². The van der Waals surface area contributed by atoms with Crippen LogP contribution in [0.1, 0.15) is 5.69 Å². The first kappa shape index (κ1) is 19.5.